The highest BCUT2D eigenvalue weighted by atomic mass is 32.1. The first-order valence-electron chi connectivity index (χ1n) is 11.3. The van der Waals surface area contributed by atoms with Crippen LogP contribution in [0.3, 0.4) is 0 Å². The molecule has 4 aromatic rings. The van der Waals surface area contributed by atoms with E-state index in [0.29, 0.717) is 41.6 Å². The lowest BCUT2D eigenvalue weighted by Crippen LogP contribution is -2.38. The highest BCUT2D eigenvalue weighted by molar-refractivity contribution is 7.13. The van der Waals surface area contributed by atoms with Gasteiger partial charge in [0.05, 0.1) is 23.6 Å². The van der Waals surface area contributed by atoms with E-state index in [1.54, 1.807) is 17.0 Å². The quantitative estimate of drug-likeness (QED) is 0.390. The summed E-state index contributed by atoms with van der Waals surface area (Å²) in [6.07, 6.45) is 0.601. The van der Waals surface area contributed by atoms with Gasteiger partial charge in [-0.05, 0) is 35.4 Å². The van der Waals surface area contributed by atoms with Crippen LogP contribution in [0.1, 0.15) is 20.4 Å². The first kappa shape index (κ1) is 22.6. The van der Waals surface area contributed by atoms with Gasteiger partial charge in [0.2, 0.25) is 0 Å². The van der Waals surface area contributed by atoms with Crippen molar-refractivity contribution in [1.29, 1.82) is 0 Å². The van der Waals surface area contributed by atoms with Crippen LogP contribution in [0, 0.1) is 0 Å². The minimum atomic E-state index is -0.303. The number of anilines is 2. The lowest BCUT2D eigenvalue weighted by atomic mass is 10.1. The normalized spacial score (nSPS) is 12.6. The van der Waals surface area contributed by atoms with Crippen LogP contribution in [0.15, 0.2) is 78.9 Å². The number of hydrogen-bond donors (Lipinski definition) is 2. The number of nitrogens with one attached hydrogen (secondary N) is 1. The van der Waals surface area contributed by atoms with E-state index in [9.17, 15) is 9.59 Å². The second kappa shape index (κ2) is 9.99. The zero-order chi connectivity index (χ0) is 24.2. The van der Waals surface area contributed by atoms with Crippen molar-refractivity contribution in [2.45, 2.75) is 13.0 Å². The number of aromatic nitrogens is 1. The number of nitrogens with zero attached hydrogens (tertiary/aromatic N) is 2. The molecule has 35 heavy (non-hydrogen) atoms. The van der Waals surface area contributed by atoms with Gasteiger partial charge in [0.15, 0.2) is 11.6 Å². The number of para-hydroxylation sites is 2. The predicted molar refractivity (Wildman–Crippen MR) is 137 cm³/mol. The molecule has 3 aromatic carbocycles. The van der Waals surface area contributed by atoms with Crippen LogP contribution in [0.2, 0.25) is 0 Å². The van der Waals surface area contributed by atoms with E-state index in [4.69, 9.17) is 10.5 Å². The lowest BCUT2D eigenvalue weighted by Gasteiger charge is -2.26. The van der Waals surface area contributed by atoms with E-state index >= 15 is 0 Å². The van der Waals surface area contributed by atoms with E-state index < -0.39 is 0 Å². The summed E-state index contributed by atoms with van der Waals surface area (Å²) in [6.45, 7) is 0.918. The standard InChI is InChI=1S/C27H24N4O3S/c28-21-8-4-5-9-22(21)29-26(33)27-30-23-14-15-31(16-24(23)35-27)25(32)17-34-20-12-10-19(11-13-20)18-6-2-1-3-7-18/h1-13H,14-17,28H2,(H,29,33). The number of amides is 2. The Morgan fingerprint density at radius 1 is 0.971 bits per heavy atom. The largest absolute Gasteiger partial charge is 0.484 e. The van der Waals surface area contributed by atoms with Crippen LogP contribution in [0.5, 0.6) is 5.75 Å². The molecule has 0 aliphatic carbocycles. The number of fused-ring (bicyclic) bond motifs is 1. The number of nitrogen functional groups attached to an aromatic ring is 1. The Hall–Kier alpha value is -4.17. The topological polar surface area (TPSA) is 97.5 Å². The molecule has 2 heterocycles. The molecule has 0 atom stereocenters. The van der Waals surface area contributed by atoms with E-state index in [-0.39, 0.29) is 18.4 Å². The summed E-state index contributed by atoms with van der Waals surface area (Å²) in [6, 6.07) is 24.9. The third kappa shape index (κ3) is 5.17. The third-order valence-electron chi connectivity index (χ3n) is 5.81. The molecular weight excluding hydrogens is 460 g/mol. The second-order valence-corrected chi connectivity index (χ2v) is 9.26. The highest BCUT2D eigenvalue weighted by Crippen LogP contribution is 2.27. The van der Waals surface area contributed by atoms with Gasteiger partial charge in [-0.1, -0.05) is 54.6 Å². The fraction of sp³-hybridized carbons (Fsp3) is 0.148. The van der Waals surface area contributed by atoms with Crippen molar-refractivity contribution < 1.29 is 14.3 Å². The zero-order valence-electron chi connectivity index (χ0n) is 18.9. The molecule has 7 nitrogen and oxygen atoms in total. The smallest absolute Gasteiger partial charge is 0.284 e. The Morgan fingerprint density at radius 3 is 2.46 bits per heavy atom. The molecule has 0 unspecified atom stereocenters. The predicted octanol–water partition coefficient (Wildman–Crippen LogP) is 4.61. The van der Waals surface area contributed by atoms with Crippen LogP contribution in [-0.2, 0) is 17.8 Å². The summed E-state index contributed by atoms with van der Waals surface area (Å²) in [4.78, 5) is 32.6. The molecule has 5 rings (SSSR count). The van der Waals surface area contributed by atoms with Gasteiger partial charge < -0.3 is 20.7 Å². The lowest BCUT2D eigenvalue weighted by molar-refractivity contribution is -0.134. The minimum absolute atomic E-state index is 0.0422. The Balaban J connectivity index is 1.17. The van der Waals surface area contributed by atoms with Gasteiger partial charge in [-0.2, -0.15) is 0 Å². The van der Waals surface area contributed by atoms with Crippen molar-refractivity contribution in [3.63, 3.8) is 0 Å². The fourth-order valence-corrected chi connectivity index (χ4v) is 4.92. The first-order valence-corrected chi connectivity index (χ1v) is 12.1. The van der Waals surface area contributed by atoms with Crippen LogP contribution >= 0.6 is 11.3 Å². The average molecular weight is 485 g/mol. The molecule has 176 valence electrons. The number of ether oxygens (including phenoxy) is 1. The average Bonchev–Trinajstić information content (AvgIpc) is 3.33. The Kier molecular flexibility index (Phi) is 6.45. The molecule has 1 aromatic heterocycles. The molecular formula is C27H24N4O3S. The van der Waals surface area contributed by atoms with Crippen LogP contribution in [0.25, 0.3) is 11.1 Å². The van der Waals surface area contributed by atoms with Gasteiger partial charge in [-0.3, -0.25) is 9.59 Å². The Bertz CT molecular complexity index is 1350. The fourth-order valence-electron chi connectivity index (χ4n) is 3.90. The number of carbonyl (C=O) groups is 2. The van der Waals surface area contributed by atoms with Crippen molar-refractivity contribution >= 4 is 34.5 Å². The molecule has 1 aliphatic rings. The van der Waals surface area contributed by atoms with Gasteiger partial charge in [0.25, 0.3) is 11.8 Å². The van der Waals surface area contributed by atoms with Crippen molar-refractivity contribution in [3.8, 4) is 16.9 Å². The molecule has 0 spiro atoms. The van der Waals surface area contributed by atoms with Crippen molar-refractivity contribution in [3.05, 3.63) is 94.4 Å². The number of hydrogen-bond acceptors (Lipinski definition) is 6. The van der Waals surface area contributed by atoms with Crippen molar-refractivity contribution in [1.82, 2.24) is 9.88 Å². The number of benzene rings is 3. The SMILES string of the molecule is Nc1ccccc1NC(=O)c1nc2c(s1)CN(C(=O)COc1ccc(-c3ccccc3)cc1)CC2. The van der Waals surface area contributed by atoms with Gasteiger partial charge in [-0.25, -0.2) is 4.98 Å². The monoisotopic (exact) mass is 484 g/mol. The molecule has 0 saturated carbocycles. The van der Waals surface area contributed by atoms with Gasteiger partial charge in [0.1, 0.15) is 5.75 Å². The second-order valence-electron chi connectivity index (χ2n) is 8.17. The van der Waals surface area contributed by atoms with Gasteiger partial charge in [-0.15, -0.1) is 11.3 Å². The van der Waals surface area contributed by atoms with Crippen LogP contribution in [0.4, 0.5) is 11.4 Å². The number of rotatable bonds is 6. The maximum atomic E-state index is 12.8. The Morgan fingerprint density at radius 2 is 1.69 bits per heavy atom. The summed E-state index contributed by atoms with van der Waals surface area (Å²) in [5.41, 5.74) is 10.0. The summed E-state index contributed by atoms with van der Waals surface area (Å²) in [5.74, 6) is 0.245. The molecule has 0 saturated heterocycles. The third-order valence-corrected chi connectivity index (χ3v) is 6.89. The molecule has 1 aliphatic heterocycles. The summed E-state index contributed by atoms with van der Waals surface area (Å²) in [5, 5.41) is 3.17. The molecule has 0 fully saturated rings. The number of carbonyl (C=O) groups excluding carboxylic acids is 2. The van der Waals surface area contributed by atoms with Crippen molar-refractivity contribution in [2.24, 2.45) is 0 Å². The van der Waals surface area contributed by atoms with Crippen LogP contribution < -0.4 is 15.8 Å². The van der Waals surface area contributed by atoms with Gasteiger partial charge in [0, 0.05) is 17.8 Å². The van der Waals surface area contributed by atoms with Crippen molar-refractivity contribution in [2.75, 3.05) is 24.2 Å². The molecule has 0 bridgehead atoms. The van der Waals surface area contributed by atoms with Gasteiger partial charge >= 0.3 is 0 Å². The first-order chi connectivity index (χ1) is 17.1. The molecule has 0 radical (unpaired) electrons. The summed E-state index contributed by atoms with van der Waals surface area (Å²) >= 11 is 1.30. The summed E-state index contributed by atoms with van der Waals surface area (Å²) in [7, 11) is 0. The van der Waals surface area contributed by atoms with E-state index in [1.807, 2.05) is 54.6 Å². The maximum Gasteiger partial charge on any atom is 0.284 e. The summed E-state index contributed by atoms with van der Waals surface area (Å²) < 4.78 is 5.74. The van der Waals surface area contributed by atoms with E-state index in [1.165, 1.54) is 11.3 Å². The minimum Gasteiger partial charge on any atom is -0.484 e. The molecule has 8 heteroatoms. The molecule has 2 amide bonds. The molecule has 3 N–H and O–H groups in total. The maximum absolute atomic E-state index is 12.8. The van der Waals surface area contributed by atoms with E-state index in [0.717, 1.165) is 21.7 Å². The number of thiazole rings is 1. The van der Waals surface area contributed by atoms with Crippen LogP contribution in [-0.4, -0.2) is 34.8 Å². The number of nitrogens with two attached hydrogens (primary N) is 1. The highest BCUT2D eigenvalue weighted by Gasteiger charge is 2.26. The van der Waals surface area contributed by atoms with E-state index in [2.05, 4.69) is 22.4 Å². The Labute approximate surface area is 207 Å². The zero-order valence-corrected chi connectivity index (χ0v) is 19.8.